The molecule has 1 aromatic rings. The van der Waals surface area contributed by atoms with Crippen LogP contribution in [0.1, 0.15) is 50.7 Å². The molecule has 0 bridgehead atoms. The van der Waals surface area contributed by atoms with E-state index >= 15 is 0 Å². The topological polar surface area (TPSA) is 43.7 Å². The van der Waals surface area contributed by atoms with Gasteiger partial charge in [0.1, 0.15) is 0 Å². The van der Waals surface area contributed by atoms with Crippen molar-refractivity contribution in [1.29, 1.82) is 0 Å². The first-order valence-electron chi connectivity index (χ1n) is 8.13. The van der Waals surface area contributed by atoms with Crippen LogP contribution in [0.5, 0.6) is 0 Å². The summed E-state index contributed by atoms with van der Waals surface area (Å²) in [7, 11) is 0. The van der Waals surface area contributed by atoms with Crippen LogP contribution in [0.2, 0.25) is 0 Å². The Morgan fingerprint density at radius 1 is 1.10 bits per heavy atom. The van der Waals surface area contributed by atoms with Crippen molar-refractivity contribution in [2.75, 3.05) is 13.1 Å². The fourth-order valence-corrected chi connectivity index (χ4v) is 2.82. The van der Waals surface area contributed by atoms with Gasteiger partial charge in [-0.3, -0.25) is 4.90 Å². The molecule has 118 valence electrons. The van der Waals surface area contributed by atoms with E-state index in [1.54, 1.807) is 0 Å². The van der Waals surface area contributed by atoms with Crippen LogP contribution in [0, 0.1) is 0 Å². The van der Waals surface area contributed by atoms with Gasteiger partial charge in [-0.25, -0.2) is 0 Å². The summed E-state index contributed by atoms with van der Waals surface area (Å²) in [5, 5.41) is 19.5. The number of aliphatic hydroxyl groups excluding tert-OH is 1. The lowest BCUT2D eigenvalue weighted by atomic mass is 9.98. The monoisotopic (exact) mass is 291 g/mol. The zero-order chi connectivity index (χ0) is 15.3. The minimum atomic E-state index is -0.592. The van der Waals surface area contributed by atoms with Crippen molar-refractivity contribution in [3.05, 3.63) is 35.4 Å². The standard InChI is InChI=1S/C18H29NO2/c1-18(2,21)11-9-15-5-7-16(8-6-15)14-19-12-3-4-17(20)10-13-19/h5-8,17,20-21H,3-4,9-14H2,1-2H3. The summed E-state index contributed by atoms with van der Waals surface area (Å²) in [5.41, 5.74) is 2.02. The Labute approximate surface area is 128 Å². The summed E-state index contributed by atoms with van der Waals surface area (Å²) in [4.78, 5) is 2.43. The highest BCUT2D eigenvalue weighted by Crippen LogP contribution is 2.16. The summed E-state index contributed by atoms with van der Waals surface area (Å²) in [6, 6.07) is 8.74. The highest BCUT2D eigenvalue weighted by molar-refractivity contribution is 5.22. The third-order valence-corrected chi connectivity index (χ3v) is 4.24. The lowest BCUT2D eigenvalue weighted by molar-refractivity contribution is 0.0714. The second kappa shape index (κ2) is 7.39. The van der Waals surface area contributed by atoms with Crippen LogP contribution in [-0.4, -0.2) is 39.9 Å². The van der Waals surface area contributed by atoms with Gasteiger partial charge in [-0.1, -0.05) is 24.3 Å². The van der Waals surface area contributed by atoms with Gasteiger partial charge >= 0.3 is 0 Å². The summed E-state index contributed by atoms with van der Waals surface area (Å²) >= 11 is 0. The molecule has 1 unspecified atom stereocenters. The highest BCUT2D eigenvalue weighted by Gasteiger charge is 2.15. The molecule has 1 aromatic carbocycles. The van der Waals surface area contributed by atoms with Gasteiger partial charge < -0.3 is 10.2 Å². The summed E-state index contributed by atoms with van der Waals surface area (Å²) in [6.07, 6.45) is 4.51. The van der Waals surface area contributed by atoms with Crippen LogP contribution < -0.4 is 0 Å². The molecule has 0 saturated carbocycles. The molecular formula is C18H29NO2. The molecule has 0 amide bonds. The minimum Gasteiger partial charge on any atom is -0.393 e. The molecule has 1 fully saturated rings. The first-order valence-corrected chi connectivity index (χ1v) is 8.13. The van der Waals surface area contributed by atoms with Crippen LogP contribution in [-0.2, 0) is 13.0 Å². The summed E-state index contributed by atoms with van der Waals surface area (Å²) in [5.74, 6) is 0. The number of likely N-dealkylation sites (tertiary alicyclic amines) is 1. The Morgan fingerprint density at radius 2 is 1.76 bits per heavy atom. The first kappa shape index (κ1) is 16.5. The molecule has 1 saturated heterocycles. The van der Waals surface area contributed by atoms with Crippen LogP contribution in [0.4, 0.5) is 0 Å². The molecule has 1 aliphatic heterocycles. The van der Waals surface area contributed by atoms with Gasteiger partial charge in [0.15, 0.2) is 0 Å². The van der Waals surface area contributed by atoms with Crippen molar-refractivity contribution in [1.82, 2.24) is 4.90 Å². The molecule has 1 aliphatic rings. The maximum atomic E-state index is 9.77. The molecular weight excluding hydrogens is 262 g/mol. The predicted octanol–water partition coefficient (Wildman–Crippen LogP) is 2.74. The van der Waals surface area contributed by atoms with E-state index in [0.717, 1.165) is 51.7 Å². The van der Waals surface area contributed by atoms with Gasteiger partial charge in [-0.15, -0.1) is 0 Å². The van der Waals surface area contributed by atoms with E-state index in [2.05, 4.69) is 29.2 Å². The van der Waals surface area contributed by atoms with E-state index in [1.807, 2.05) is 13.8 Å². The number of benzene rings is 1. The van der Waals surface area contributed by atoms with E-state index in [0.29, 0.717) is 0 Å². The lowest BCUT2D eigenvalue weighted by Gasteiger charge is -2.20. The van der Waals surface area contributed by atoms with Gasteiger partial charge in [0.05, 0.1) is 11.7 Å². The largest absolute Gasteiger partial charge is 0.393 e. The number of aryl methyl sites for hydroxylation is 1. The minimum absolute atomic E-state index is 0.112. The van der Waals surface area contributed by atoms with Crippen molar-refractivity contribution in [3.63, 3.8) is 0 Å². The number of hydrogen-bond acceptors (Lipinski definition) is 3. The Morgan fingerprint density at radius 3 is 2.43 bits per heavy atom. The molecule has 0 spiro atoms. The lowest BCUT2D eigenvalue weighted by Crippen LogP contribution is -2.24. The third-order valence-electron chi connectivity index (χ3n) is 4.24. The van der Waals surface area contributed by atoms with Gasteiger partial charge in [-0.05, 0) is 63.6 Å². The van der Waals surface area contributed by atoms with Gasteiger partial charge in [0.25, 0.3) is 0 Å². The Balaban J connectivity index is 1.84. The molecule has 0 radical (unpaired) electrons. The average molecular weight is 291 g/mol. The normalized spacial score (nSPS) is 21.2. The fraction of sp³-hybridized carbons (Fsp3) is 0.667. The van der Waals surface area contributed by atoms with Crippen LogP contribution in [0.3, 0.4) is 0 Å². The molecule has 1 atom stereocenters. The predicted molar refractivity (Wildman–Crippen MR) is 86.2 cm³/mol. The smallest absolute Gasteiger partial charge is 0.0594 e. The highest BCUT2D eigenvalue weighted by atomic mass is 16.3. The Bertz CT molecular complexity index is 422. The van der Waals surface area contributed by atoms with Crippen molar-refractivity contribution in [2.24, 2.45) is 0 Å². The first-order chi connectivity index (χ1) is 9.92. The van der Waals surface area contributed by atoms with E-state index < -0.39 is 5.60 Å². The van der Waals surface area contributed by atoms with E-state index in [4.69, 9.17) is 0 Å². The molecule has 2 N–H and O–H groups in total. The summed E-state index contributed by atoms with van der Waals surface area (Å²) in [6.45, 7) is 6.75. The second-order valence-electron chi connectivity index (χ2n) is 6.99. The maximum absolute atomic E-state index is 9.77. The quantitative estimate of drug-likeness (QED) is 0.876. The van der Waals surface area contributed by atoms with Crippen LogP contribution in [0.25, 0.3) is 0 Å². The van der Waals surface area contributed by atoms with Crippen molar-refractivity contribution in [2.45, 2.75) is 64.2 Å². The molecule has 21 heavy (non-hydrogen) atoms. The van der Waals surface area contributed by atoms with Gasteiger partial charge in [0, 0.05) is 13.1 Å². The molecule has 1 heterocycles. The fourth-order valence-electron chi connectivity index (χ4n) is 2.82. The second-order valence-corrected chi connectivity index (χ2v) is 6.99. The maximum Gasteiger partial charge on any atom is 0.0594 e. The number of rotatable bonds is 5. The molecule has 0 aromatic heterocycles. The zero-order valence-corrected chi connectivity index (χ0v) is 13.4. The Kier molecular flexibility index (Phi) is 5.80. The van der Waals surface area contributed by atoms with E-state index in [1.165, 1.54) is 11.1 Å². The SMILES string of the molecule is CC(C)(O)CCc1ccc(CN2CCCC(O)CC2)cc1. The van der Waals surface area contributed by atoms with Crippen molar-refractivity contribution >= 4 is 0 Å². The zero-order valence-electron chi connectivity index (χ0n) is 13.4. The Hall–Kier alpha value is -0.900. The van der Waals surface area contributed by atoms with Crippen LogP contribution >= 0.6 is 0 Å². The van der Waals surface area contributed by atoms with Crippen molar-refractivity contribution in [3.8, 4) is 0 Å². The van der Waals surface area contributed by atoms with E-state index in [9.17, 15) is 10.2 Å². The summed E-state index contributed by atoms with van der Waals surface area (Å²) < 4.78 is 0. The number of hydrogen-bond donors (Lipinski definition) is 2. The molecule has 2 rings (SSSR count). The number of aliphatic hydroxyl groups is 2. The molecule has 0 aliphatic carbocycles. The van der Waals surface area contributed by atoms with E-state index in [-0.39, 0.29) is 6.10 Å². The van der Waals surface area contributed by atoms with Gasteiger partial charge in [0.2, 0.25) is 0 Å². The average Bonchev–Trinajstić information content (AvgIpc) is 2.62. The van der Waals surface area contributed by atoms with Crippen LogP contribution in [0.15, 0.2) is 24.3 Å². The van der Waals surface area contributed by atoms with Crippen molar-refractivity contribution < 1.29 is 10.2 Å². The number of nitrogens with zero attached hydrogens (tertiary/aromatic N) is 1. The van der Waals surface area contributed by atoms with Gasteiger partial charge in [-0.2, -0.15) is 0 Å². The third kappa shape index (κ3) is 6.16. The molecule has 3 heteroatoms. The molecule has 3 nitrogen and oxygen atoms in total.